The van der Waals surface area contributed by atoms with Crippen LogP contribution in [0, 0.1) is 5.92 Å². The van der Waals surface area contributed by atoms with Crippen LogP contribution in [0.15, 0.2) is 12.2 Å². The number of piperidine rings is 1. The van der Waals surface area contributed by atoms with Gasteiger partial charge < -0.3 is 9.80 Å². The summed E-state index contributed by atoms with van der Waals surface area (Å²) in [6.45, 7) is 9.63. The second-order valence-corrected chi connectivity index (χ2v) is 7.55. The van der Waals surface area contributed by atoms with Crippen molar-refractivity contribution in [1.82, 2.24) is 14.7 Å². The van der Waals surface area contributed by atoms with Crippen molar-refractivity contribution in [2.24, 2.45) is 5.92 Å². The van der Waals surface area contributed by atoms with Crippen LogP contribution in [0.2, 0.25) is 0 Å². The molecule has 3 aliphatic rings. The number of hydrogen-bond donors (Lipinski definition) is 0. The maximum atomic E-state index is 12.7. The van der Waals surface area contributed by atoms with E-state index in [1.54, 1.807) is 0 Å². The summed E-state index contributed by atoms with van der Waals surface area (Å²) in [5.41, 5.74) is 0. The van der Waals surface area contributed by atoms with Crippen LogP contribution in [0.5, 0.6) is 0 Å². The lowest BCUT2D eigenvalue weighted by atomic mass is 9.94. The van der Waals surface area contributed by atoms with Gasteiger partial charge in [-0.2, -0.15) is 0 Å². The second-order valence-electron chi connectivity index (χ2n) is 7.55. The molecule has 2 atom stereocenters. The summed E-state index contributed by atoms with van der Waals surface area (Å²) < 4.78 is 0. The van der Waals surface area contributed by atoms with E-state index < -0.39 is 0 Å². The zero-order valence-electron chi connectivity index (χ0n) is 14.8. The Bertz CT molecular complexity index is 409. The highest BCUT2D eigenvalue weighted by molar-refractivity contribution is 5.81. The number of allylic oxidation sites excluding steroid dienone is 2. The lowest BCUT2D eigenvalue weighted by Gasteiger charge is -2.40. The van der Waals surface area contributed by atoms with E-state index in [4.69, 9.17) is 0 Å². The highest BCUT2D eigenvalue weighted by Crippen LogP contribution is 2.20. The molecule has 0 radical (unpaired) electrons. The van der Waals surface area contributed by atoms with Crippen LogP contribution >= 0.6 is 0 Å². The second kappa shape index (κ2) is 8.29. The zero-order valence-corrected chi connectivity index (χ0v) is 14.8. The lowest BCUT2D eigenvalue weighted by Crippen LogP contribution is -2.55. The Kier molecular flexibility index (Phi) is 6.12. The minimum Gasteiger partial charge on any atom is -0.341 e. The van der Waals surface area contributed by atoms with Gasteiger partial charge >= 0.3 is 0 Å². The molecule has 0 unspecified atom stereocenters. The molecule has 23 heavy (non-hydrogen) atoms. The van der Waals surface area contributed by atoms with Crippen molar-refractivity contribution in [2.75, 3.05) is 45.8 Å². The number of nitrogens with zero attached hydrogens (tertiary/aromatic N) is 3. The molecule has 1 aliphatic carbocycles. The summed E-state index contributed by atoms with van der Waals surface area (Å²) in [6.07, 6.45) is 12.2. The number of rotatable bonds is 4. The summed E-state index contributed by atoms with van der Waals surface area (Å²) in [7, 11) is 0. The predicted octanol–water partition coefficient (Wildman–Crippen LogP) is 2.36. The number of carbonyl (C=O) groups excluding carboxylic acids is 1. The fourth-order valence-corrected chi connectivity index (χ4v) is 4.26. The van der Waals surface area contributed by atoms with Crippen molar-refractivity contribution in [2.45, 2.75) is 51.5 Å². The molecule has 0 N–H and O–H groups in total. The van der Waals surface area contributed by atoms with Crippen LogP contribution in [-0.2, 0) is 4.79 Å². The quantitative estimate of drug-likeness (QED) is 0.744. The van der Waals surface area contributed by atoms with Crippen molar-refractivity contribution in [3.63, 3.8) is 0 Å². The molecule has 4 heteroatoms. The third-order valence-corrected chi connectivity index (χ3v) is 5.87. The van der Waals surface area contributed by atoms with Gasteiger partial charge in [0.1, 0.15) is 0 Å². The first-order valence-electron chi connectivity index (χ1n) is 9.64. The summed E-state index contributed by atoms with van der Waals surface area (Å²) in [4.78, 5) is 19.8. The molecule has 2 heterocycles. The van der Waals surface area contributed by atoms with E-state index in [2.05, 4.69) is 33.8 Å². The summed E-state index contributed by atoms with van der Waals surface area (Å²) in [5.74, 6) is 1.20. The minimum absolute atomic E-state index is 0.0628. The van der Waals surface area contributed by atoms with E-state index in [1.165, 1.54) is 45.1 Å². The van der Waals surface area contributed by atoms with Gasteiger partial charge in [0.05, 0.1) is 6.04 Å². The number of piperazine rings is 1. The SMILES string of the molecule is C[C@H](C(=O)N1CCCCC1)N1CCN(C[C@H]2CC=CCC2)CC1. The van der Waals surface area contributed by atoms with Crippen LogP contribution in [0.3, 0.4) is 0 Å². The molecular weight excluding hydrogens is 286 g/mol. The first-order chi connectivity index (χ1) is 11.2. The van der Waals surface area contributed by atoms with Crippen molar-refractivity contribution >= 4 is 5.91 Å². The lowest BCUT2D eigenvalue weighted by molar-refractivity contribution is -0.138. The smallest absolute Gasteiger partial charge is 0.239 e. The Labute approximate surface area is 141 Å². The average molecular weight is 319 g/mol. The van der Waals surface area contributed by atoms with E-state index in [-0.39, 0.29) is 6.04 Å². The Balaban J connectivity index is 1.42. The van der Waals surface area contributed by atoms with Crippen molar-refractivity contribution in [3.8, 4) is 0 Å². The maximum absolute atomic E-state index is 12.7. The Hall–Kier alpha value is -0.870. The van der Waals surface area contributed by atoms with Crippen LogP contribution in [0.1, 0.15) is 45.4 Å². The normalized spacial score (nSPS) is 28.7. The molecular formula is C19H33N3O. The van der Waals surface area contributed by atoms with Crippen molar-refractivity contribution in [1.29, 1.82) is 0 Å². The van der Waals surface area contributed by atoms with Crippen molar-refractivity contribution in [3.05, 3.63) is 12.2 Å². The van der Waals surface area contributed by atoms with Gasteiger partial charge in [-0.15, -0.1) is 0 Å². The van der Waals surface area contributed by atoms with E-state index >= 15 is 0 Å². The first-order valence-corrected chi connectivity index (χ1v) is 9.64. The molecule has 0 aromatic rings. The Morgan fingerprint density at radius 3 is 2.43 bits per heavy atom. The molecule has 0 bridgehead atoms. The zero-order chi connectivity index (χ0) is 16.1. The van der Waals surface area contributed by atoms with Gasteiger partial charge in [0.15, 0.2) is 0 Å². The highest BCUT2D eigenvalue weighted by Gasteiger charge is 2.29. The maximum Gasteiger partial charge on any atom is 0.239 e. The predicted molar refractivity (Wildman–Crippen MR) is 94.4 cm³/mol. The topological polar surface area (TPSA) is 26.8 Å². The molecule has 3 rings (SSSR count). The van der Waals surface area contributed by atoms with Crippen molar-refractivity contribution < 1.29 is 4.79 Å². The van der Waals surface area contributed by atoms with Gasteiger partial charge in [-0.3, -0.25) is 9.69 Å². The van der Waals surface area contributed by atoms with Gasteiger partial charge in [-0.05, 0) is 51.4 Å². The van der Waals surface area contributed by atoms with Crippen LogP contribution in [0.25, 0.3) is 0 Å². The average Bonchev–Trinajstić information content (AvgIpc) is 2.63. The standard InChI is InChI=1S/C19H33N3O/c1-17(19(23)22-10-6-3-7-11-22)21-14-12-20(13-15-21)16-18-8-4-2-5-9-18/h2,4,17-18H,3,5-16H2,1H3/t17-,18+/m1/s1. The molecule has 0 aromatic carbocycles. The van der Waals surface area contributed by atoms with Gasteiger partial charge in [0.25, 0.3) is 0 Å². The largest absolute Gasteiger partial charge is 0.341 e. The monoisotopic (exact) mass is 319 g/mol. The third-order valence-electron chi connectivity index (χ3n) is 5.87. The molecule has 2 saturated heterocycles. The van der Waals surface area contributed by atoms with Crippen LogP contribution in [0.4, 0.5) is 0 Å². The summed E-state index contributed by atoms with van der Waals surface area (Å²) in [5, 5.41) is 0. The molecule has 0 spiro atoms. The Morgan fingerprint density at radius 2 is 1.78 bits per heavy atom. The molecule has 2 fully saturated rings. The van der Waals surface area contributed by atoms with E-state index in [9.17, 15) is 4.79 Å². The molecule has 4 nitrogen and oxygen atoms in total. The molecule has 130 valence electrons. The number of amides is 1. The third kappa shape index (κ3) is 4.57. The molecule has 0 saturated carbocycles. The summed E-state index contributed by atoms with van der Waals surface area (Å²) >= 11 is 0. The molecule has 1 amide bonds. The molecule has 0 aromatic heterocycles. The number of carbonyl (C=O) groups is 1. The number of hydrogen-bond acceptors (Lipinski definition) is 3. The highest BCUT2D eigenvalue weighted by atomic mass is 16.2. The first kappa shape index (κ1) is 17.0. The fraction of sp³-hybridized carbons (Fsp3) is 0.842. The van der Waals surface area contributed by atoms with E-state index in [0.717, 1.165) is 45.2 Å². The minimum atomic E-state index is 0.0628. The van der Waals surface area contributed by atoms with E-state index in [0.29, 0.717) is 5.91 Å². The molecule has 2 aliphatic heterocycles. The van der Waals surface area contributed by atoms with E-state index in [1.807, 2.05) is 0 Å². The van der Waals surface area contributed by atoms with Crippen LogP contribution in [-0.4, -0.2) is 72.5 Å². The fourth-order valence-electron chi connectivity index (χ4n) is 4.26. The van der Waals surface area contributed by atoms with Gasteiger partial charge in [-0.25, -0.2) is 0 Å². The van der Waals surface area contributed by atoms with Crippen LogP contribution < -0.4 is 0 Å². The van der Waals surface area contributed by atoms with Gasteiger partial charge in [0.2, 0.25) is 5.91 Å². The van der Waals surface area contributed by atoms with Gasteiger partial charge in [-0.1, -0.05) is 12.2 Å². The van der Waals surface area contributed by atoms with Gasteiger partial charge in [0, 0.05) is 45.8 Å². The summed E-state index contributed by atoms with van der Waals surface area (Å²) in [6, 6.07) is 0.0628. The number of likely N-dealkylation sites (tertiary alicyclic amines) is 1. The Morgan fingerprint density at radius 1 is 1.04 bits per heavy atom.